The van der Waals surface area contributed by atoms with Gasteiger partial charge in [0.1, 0.15) is 6.26 Å². The predicted molar refractivity (Wildman–Crippen MR) is 77.3 cm³/mol. The Hall–Kier alpha value is -2.56. The van der Waals surface area contributed by atoms with Crippen molar-refractivity contribution in [2.75, 3.05) is 5.32 Å². The summed E-state index contributed by atoms with van der Waals surface area (Å²) in [5, 5.41) is 10.1. The number of aromatic amines is 1. The number of nitrogens with one attached hydrogen (secondary N) is 2. The summed E-state index contributed by atoms with van der Waals surface area (Å²) in [6, 6.07) is 6.14. The van der Waals surface area contributed by atoms with E-state index in [-0.39, 0.29) is 0 Å². The van der Waals surface area contributed by atoms with Gasteiger partial charge in [-0.2, -0.15) is 5.10 Å². The van der Waals surface area contributed by atoms with E-state index in [0.717, 1.165) is 29.1 Å². The van der Waals surface area contributed by atoms with Crippen LogP contribution in [-0.4, -0.2) is 15.2 Å². The van der Waals surface area contributed by atoms with E-state index in [1.807, 2.05) is 25.4 Å². The number of rotatable bonds is 4. The van der Waals surface area contributed by atoms with Crippen molar-refractivity contribution in [2.45, 2.75) is 20.4 Å². The SMILES string of the molecule is Cc1coc(-c2ccc(C)c(NCc3cn[nH]c3)c2)n1. The van der Waals surface area contributed by atoms with Gasteiger partial charge in [0.25, 0.3) is 0 Å². The molecule has 5 nitrogen and oxygen atoms in total. The summed E-state index contributed by atoms with van der Waals surface area (Å²) in [6.45, 7) is 4.72. The van der Waals surface area contributed by atoms with E-state index in [9.17, 15) is 0 Å². The van der Waals surface area contributed by atoms with Crippen LogP contribution in [0.1, 0.15) is 16.8 Å². The van der Waals surface area contributed by atoms with E-state index in [1.165, 1.54) is 5.56 Å². The van der Waals surface area contributed by atoms with Gasteiger partial charge in [0, 0.05) is 29.6 Å². The standard InChI is InChI=1S/C15H16N4O/c1-10-3-4-13(15-19-11(2)9-20-15)5-14(10)16-6-12-7-17-18-8-12/h3-5,7-9,16H,6H2,1-2H3,(H,17,18). The molecule has 5 heteroatoms. The fraction of sp³-hybridized carbons (Fsp3) is 0.200. The van der Waals surface area contributed by atoms with Crippen molar-refractivity contribution in [2.24, 2.45) is 0 Å². The molecule has 1 aromatic carbocycles. The van der Waals surface area contributed by atoms with Gasteiger partial charge >= 0.3 is 0 Å². The Labute approximate surface area is 117 Å². The average Bonchev–Trinajstić information content (AvgIpc) is 3.09. The van der Waals surface area contributed by atoms with Crippen molar-refractivity contribution in [3.05, 3.63) is 53.7 Å². The lowest BCUT2D eigenvalue weighted by Gasteiger charge is -2.09. The molecule has 0 aliphatic carbocycles. The molecule has 2 heterocycles. The summed E-state index contributed by atoms with van der Waals surface area (Å²) in [4.78, 5) is 4.35. The van der Waals surface area contributed by atoms with Crippen molar-refractivity contribution in [3.63, 3.8) is 0 Å². The maximum Gasteiger partial charge on any atom is 0.226 e. The van der Waals surface area contributed by atoms with Crippen LogP contribution in [0.25, 0.3) is 11.5 Å². The van der Waals surface area contributed by atoms with E-state index in [4.69, 9.17) is 4.42 Å². The summed E-state index contributed by atoms with van der Waals surface area (Å²) in [5.41, 5.74) is 5.22. The number of hydrogen-bond donors (Lipinski definition) is 2. The highest BCUT2D eigenvalue weighted by Crippen LogP contribution is 2.25. The minimum atomic E-state index is 0.647. The van der Waals surface area contributed by atoms with Crippen molar-refractivity contribution in [3.8, 4) is 11.5 Å². The molecule has 0 aliphatic rings. The molecule has 2 aromatic heterocycles. The van der Waals surface area contributed by atoms with Gasteiger partial charge < -0.3 is 9.73 Å². The van der Waals surface area contributed by atoms with E-state index < -0.39 is 0 Å². The molecular formula is C15H16N4O. The van der Waals surface area contributed by atoms with Gasteiger partial charge in [0.05, 0.1) is 11.9 Å². The van der Waals surface area contributed by atoms with Gasteiger partial charge in [-0.1, -0.05) is 6.07 Å². The molecule has 0 unspecified atom stereocenters. The van der Waals surface area contributed by atoms with E-state index in [1.54, 1.807) is 6.26 Å². The van der Waals surface area contributed by atoms with Crippen LogP contribution in [0.2, 0.25) is 0 Å². The monoisotopic (exact) mass is 268 g/mol. The number of oxazole rings is 1. The van der Waals surface area contributed by atoms with Crippen LogP contribution in [0.4, 0.5) is 5.69 Å². The number of benzene rings is 1. The van der Waals surface area contributed by atoms with Crippen LogP contribution in [0.15, 0.2) is 41.3 Å². The van der Waals surface area contributed by atoms with Crippen LogP contribution >= 0.6 is 0 Å². The van der Waals surface area contributed by atoms with Gasteiger partial charge in [0.2, 0.25) is 5.89 Å². The Kier molecular flexibility index (Phi) is 3.25. The van der Waals surface area contributed by atoms with Crippen LogP contribution < -0.4 is 5.32 Å². The van der Waals surface area contributed by atoms with Crippen molar-refractivity contribution < 1.29 is 4.42 Å². The van der Waals surface area contributed by atoms with Gasteiger partial charge in [-0.3, -0.25) is 5.10 Å². The van der Waals surface area contributed by atoms with Crippen molar-refractivity contribution in [1.82, 2.24) is 15.2 Å². The van der Waals surface area contributed by atoms with E-state index in [0.29, 0.717) is 5.89 Å². The Balaban J connectivity index is 1.83. The molecule has 20 heavy (non-hydrogen) atoms. The first-order valence-corrected chi connectivity index (χ1v) is 6.47. The normalized spacial score (nSPS) is 10.7. The number of hydrogen-bond acceptors (Lipinski definition) is 4. The Morgan fingerprint density at radius 2 is 2.20 bits per heavy atom. The van der Waals surface area contributed by atoms with E-state index in [2.05, 4.69) is 39.6 Å². The number of nitrogens with zero attached hydrogens (tertiary/aromatic N) is 2. The molecule has 3 rings (SSSR count). The zero-order chi connectivity index (χ0) is 13.9. The lowest BCUT2D eigenvalue weighted by molar-refractivity contribution is 0.573. The van der Waals surface area contributed by atoms with Crippen LogP contribution in [0.3, 0.4) is 0 Å². The lowest BCUT2D eigenvalue weighted by Crippen LogP contribution is -2.00. The molecule has 0 fully saturated rings. The molecule has 0 spiro atoms. The Bertz CT molecular complexity index is 700. The van der Waals surface area contributed by atoms with E-state index >= 15 is 0 Å². The smallest absolute Gasteiger partial charge is 0.226 e. The van der Waals surface area contributed by atoms with Crippen LogP contribution in [0.5, 0.6) is 0 Å². The van der Waals surface area contributed by atoms with Gasteiger partial charge in [-0.15, -0.1) is 0 Å². The van der Waals surface area contributed by atoms with Crippen LogP contribution in [0, 0.1) is 13.8 Å². The summed E-state index contributed by atoms with van der Waals surface area (Å²) >= 11 is 0. The lowest BCUT2D eigenvalue weighted by atomic mass is 10.1. The fourth-order valence-electron chi connectivity index (χ4n) is 2.00. The minimum Gasteiger partial charge on any atom is -0.444 e. The Morgan fingerprint density at radius 3 is 2.90 bits per heavy atom. The zero-order valence-corrected chi connectivity index (χ0v) is 11.5. The summed E-state index contributed by atoms with van der Waals surface area (Å²) in [5.74, 6) is 0.647. The molecule has 0 atom stereocenters. The highest BCUT2D eigenvalue weighted by atomic mass is 16.3. The molecule has 3 aromatic rings. The highest BCUT2D eigenvalue weighted by molar-refractivity contribution is 5.64. The molecule has 2 N–H and O–H groups in total. The molecule has 0 bridgehead atoms. The Morgan fingerprint density at radius 1 is 1.30 bits per heavy atom. The second-order valence-corrected chi connectivity index (χ2v) is 4.78. The third-order valence-electron chi connectivity index (χ3n) is 3.14. The number of aryl methyl sites for hydroxylation is 2. The van der Waals surface area contributed by atoms with Crippen molar-refractivity contribution in [1.29, 1.82) is 0 Å². The first-order chi connectivity index (χ1) is 9.72. The topological polar surface area (TPSA) is 66.7 Å². The number of H-pyrrole nitrogens is 1. The first-order valence-electron chi connectivity index (χ1n) is 6.47. The largest absolute Gasteiger partial charge is 0.444 e. The summed E-state index contributed by atoms with van der Waals surface area (Å²) < 4.78 is 5.44. The minimum absolute atomic E-state index is 0.647. The molecular weight excluding hydrogens is 252 g/mol. The third kappa shape index (κ3) is 2.56. The zero-order valence-electron chi connectivity index (χ0n) is 11.5. The molecule has 0 aliphatic heterocycles. The average molecular weight is 268 g/mol. The maximum absolute atomic E-state index is 5.44. The number of aromatic nitrogens is 3. The predicted octanol–water partition coefficient (Wildman–Crippen LogP) is 3.29. The van der Waals surface area contributed by atoms with Gasteiger partial charge in [-0.05, 0) is 31.5 Å². The molecule has 0 amide bonds. The van der Waals surface area contributed by atoms with Gasteiger partial charge in [0.15, 0.2) is 0 Å². The van der Waals surface area contributed by atoms with Crippen molar-refractivity contribution >= 4 is 5.69 Å². The van der Waals surface area contributed by atoms with Gasteiger partial charge in [-0.25, -0.2) is 4.98 Å². The molecule has 102 valence electrons. The molecule has 0 saturated carbocycles. The second kappa shape index (κ2) is 5.21. The highest BCUT2D eigenvalue weighted by Gasteiger charge is 2.07. The number of anilines is 1. The second-order valence-electron chi connectivity index (χ2n) is 4.78. The first kappa shape index (κ1) is 12.5. The molecule has 0 saturated heterocycles. The summed E-state index contributed by atoms with van der Waals surface area (Å²) in [6.07, 6.45) is 5.35. The maximum atomic E-state index is 5.44. The fourth-order valence-corrected chi connectivity index (χ4v) is 2.00. The molecule has 0 radical (unpaired) electrons. The third-order valence-corrected chi connectivity index (χ3v) is 3.14. The quantitative estimate of drug-likeness (QED) is 0.762. The van der Waals surface area contributed by atoms with Crippen LogP contribution in [-0.2, 0) is 6.54 Å². The summed E-state index contributed by atoms with van der Waals surface area (Å²) in [7, 11) is 0.